The van der Waals surface area contributed by atoms with Crippen molar-refractivity contribution in [3.8, 4) is 5.75 Å². The molecule has 0 spiro atoms. The zero-order valence-corrected chi connectivity index (χ0v) is 13.6. The maximum absolute atomic E-state index is 12.7. The molecule has 2 aromatic carbocycles. The zero-order valence-electron chi connectivity index (χ0n) is 12.8. The third-order valence-electron chi connectivity index (χ3n) is 3.49. The van der Waals surface area contributed by atoms with Crippen LogP contribution in [-0.2, 0) is 4.79 Å². The first-order valence-corrected chi connectivity index (χ1v) is 8.12. The summed E-state index contributed by atoms with van der Waals surface area (Å²) in [6, 6.07) is 14.4. The van der Waals surface area contributed by atoms with Gasteiger partial charge in [0.25, 0.3) is 0 Å². The molecule has 0 bridgehead atoms. The average Bonchev–Trinajstić information content (AvgIpc) is 2.55. The highest BCUT2D eigenvalue weighted by molar-refractivity contribution is 7.98. The number of carbonyl (C=O) groups excluding carboxylic acids is 2. The quantitative estimate of drug-likeness (QED) is 0.460. The van der Waals surface area contributed by atoms with Crippen LogP contribution in [0, 0.1) is 0 Å². The normalized spacial score (nSPS) is 11.8. The fourth-order valence-electron chi connectivity index (χ4n) is 2.29. The van der Waals surface area contributed by atoms with Crippen LogP contribution in [-0.4, -0.2) is 24.9 Å². The van der Waals surface area contributed by atoms with Crippen LogP contribution >= 0.6 is 11.8 Å². The van der Waals surface area contributed by atoms with Gasteiger partial charge >= 0.3 is 0 Å². The molecule has 0 aliphatic carbocycles. The van der Waals surface area contributed by atoms with E-state index in [1.165, 1.54) is 6.92 Å². The topological polar surface area (TPSA) is 43.4 Å². The van der Waals surface area contributed by atoms with E-state index >= 15 is 0 Å². The molecule has 4 heteroatoms. The number of ketones is 2. The summed E-state index contributed by atoms with van der Waals surface area (Å²) in [5.74, 6) is -0.414. The van der Waals surface area contributed by atoms with E-state index in [0.29, 0.717) is 16.9 Å². The number of hydrogen-bond donors (Lipinski definition) is 0. The van der Waals surface area contributed by atoms with Crippen molar-refractivity contribution in [3.05, 3.63) is 59.7 Å². The third kappa shape index (κ3) is 3.57. The molecule has 0 saturated heterocycles. The number of hydrogen-bond acceptors (Lipinski definition) is 4. The summed E-state index contributed by atoms with van der Waals surface area (Å²) >= 11 is 1.61. The van der Waals surface area contributed by atoms with Crippen LogP contribution in [0.5, 0.6) is 5.75 Å². The van der Waals surface area contributed by atoms with Gasteiger partial charge in [0.2, 0.25) is 0 Å². The number of ether oxygens (including phenoxy) is 1. The van der Waals surface area contributed by atoms with Gasteiger partial charge in [-0.05, 0) is 43.0 Å². The first-order chi connectivity index (χ1) is 10.6. The molecule has 0 aliphatic heterocycles. The summed E-state index contributed by atoms with van der Waals surface area (Å²) < 4.78 is 5.11. The summed E-state index contributed by atoms with van der Waals surface area (Å²) in [6.45, 7) is 1.45. The van der Waals surface area contributed by atoms with E-state index in [0.717, 1.165) is 4.90 Å². The lowest BCUT2D eigenvalue weighted by atomic mass is 9.88. The molecule has 1 atom stereocenters. The molecule has 1 unspecified atom stereocenters. The minimum absolute atomic E-state index is 0.163. The van der Waals surface area contributed by atoms with Gasteiger partial charge in [-0.1, -0.05) is 24.3 Å². The van der Waals surface area contributed by atoms with Gasteiger partial charge in [-0.25, -0.2) is 0 Å². The van der Waals surface area contributed by atoms with Crippen LogP contribution in [0.25, 0.3) is 0 Å². The minimum atomic E-state index is -0.772. The summed E-state index contributed by atoms with van der Waals surface area (Å²) in [5.41, 5.74) is 1.24. The Labute approximate surface area is 134 Å². The Kier molecular flexibility index (Phi) is 5.39. The molecule has 0 aromatic heterocycles. The highest BCUT2D eigenvalue weighted by Gasteiger charge is 2.26. The SMILES string of the molecule is COc1ccc(C(C(C)=O)C(=O)c2ccc(SC)cc2)cc1. The van der Waals surface area contributed by atoms with Gasteiger partial charge in [0.1, 0.15) is 17.5 Å². The van der Waals surface area contributed by atoms with E-state index in [9.17, 15) is 9.59 Å². The van der Waals surface area contributed by atoms with Crippen molar-refractivity contribution in [3.63, 3.8) is 0 Å². The van der Waals surface area contributed by atoms with Crippen LogP contribution in [0.3, 0.4) is 0 Å². The Hall–Kier alpha value is -2.07. The van der Waals surface area contributed by atoms with E-state index in [4.69, 9.17) is 4.74 Å². The van der Waals surface area contributed by atoms with Gasteiger partial charge in [0, 0.05) is 10.5 Å². The molecule has 0 N–H and O–H groups in total. The van der Waals surface area contributed by atoms with E-state index in [1.54, 1.807) is 55.3 Å². The van der Waals surface area contributed by atoms with Crippen molar-refractivity contribution in [2.24, 2.45) is 0 Å². The summed E-state index contributed by atoms with van der Waals surface area (Å²) in [6.07, 6.45) is 1.98. The second-order valence-electron chi connectivity index (χ2n) is 4.91. The fourth-order valence-corrected chi connectivity index (χ4v) is 2.70. The van der Waals surface area contributed by atoms with Crippen molar-refractivity contribution in [1.82, 2.24) is 0 Å². The number of methoxy groups -OCH3 is 1. The Morgan fingerprint density at radius 2 is 1.59 bits per heavy atom. The lowest BCUT2D eigenvalue weighted by Crippen LogP contribution is -2.20. The first-order valence-electron chi connectivity index (χ1n) is 6.89. The number of thioether (sulfide) groups is 1. The van der Waals surface area contributed by atoms with E-state index < -0.39 is 5.92 Å². The molecule has 0 heterocycles. The molecular weight excluding hydrogens is 296 g/mol. The fraction of sp³-hybridized carbons (Fsp3) is 0.222. The smallest absolute Gasteiger partial charge is 0.177 e. The maximum atomic E-state index is 12.7. The van der Waals surface area contributed by atoms with E-state index in [2.05, 4.69) is 0 Å². The number of carbonyl (C=O) groups is 2. The zero-order chi connectivity index (χ0) is 16.1. The summed E-state index contributed by atoms with van der Waals surface area (Å²) in [5, 5.41) is 0. The molecule has 2 rings (SSSR count). The Morgan fingerprint density at radius 3 is 2.05 bits per heavy atom. The van der Waals surface area contributed by atoms with Gasteiger partial charge < -0.3 is 4.74 Å². The molecule has 0 aliphatic rings. The molecule has 0 saturated carbocycles. The molecule has 0 fully saturated rings. The highest BCUT2D eigenvalue weighted by atomic mass is 32.2. The van der Waals surface area contributed by atoms with Crippen LogP contribution < -0.4 is 4.74 Å². The third-order valence-corrected chi connectivity index (χ3v) is 4.24. The monoisotopic (exact) mass is 314 g/mol. The number of Topliss-reactive ketones (excluding diaryl/α,β-unsaturated/α-hetero) is 2. The first kappa shape index (κ1) is 16.3. The van der Waals surface area contributed by atoms with E-state index in [-0.39, 0.29) is 11.6 Å². The predicted molar refractivity (Wildman–Crippen MR) is 89.0 cm³/mol. The van der Waals surface area contributed by atoms with Crippen molar-refractivity contribution in [1.29, 1.82) is 0 Å². The van der Waals surface area contributed by atoms with Crippen LogP contribution in [0.4, 0.5) is 0 Å². The molecule has 0 amide bonds. The molecule has 0 radical (unpaired) electrons. The summed E-state index contributed by atoms with van der Waals surface area (Å²) in [4.78, 5) is 25.7. The average molecular weight is 314 g/mol. The van der Waals surface area contributed by atoms with Crippen molar-refractivity contribution < 1.29 is 14.3 Å². The van der Waals surface area contributed by atoms with Crippen LogP contribution in [0.15, 0.2) is 53.4 Å². The molecule has 3 nitrogen and oxygen atoms in total. The van der Waals surface area contributed by atoms with Crippen molar-refractivity contribution in [2.75, 3.05) is 13.4 Å². The molecule has 2 aromatic rings. The minimum Gasteiger partial charge on any atom is -0.497 e. The van der Waals surface area contributed by atoms with Gasteiger partial charge in [0.15, 0.2) is 5.78 Å². The van der Waals surface area contributed by atoms with Gasteiger partial charge in [-0.3, -0.25) is 9.59 Å². The van der Waals surface area contributed by atoms with Crippen LogP contribution in [0.1, 0.15) is 28.8 Å². The summed E-state index contributed by atoms with van der Waals surface area (Å²) in [7, 11) is 1.58. The standard InChI is InChI=1S/C18H18O3S/c1-12(19)17(13-4-8-15(21-2)9-5-13)18(20)14-6-10-16(22-3)11-7-14/h4-11,17H,1-3H3. The second-order valence-corrected chi connectivity index (χ2v) is 5.79. The highest BCUT2D eigenvalue weighted by Crippen LogP contribution is 2.25. The maximum Gasteiger partial charge on any atom is 0.177 e. The van der Waals surface area contributed by atoms with Crippen molar-refractivity contribution >= 4 is 23.3 Å². The number of benzene rings is 2. The Bertz CT molecular complexity index is 660. The van der Waals surface area contributed by atoms with Gasteiger partial charge in [-0.2, -0.15) is 0 Å². The lowest BCUT2D eigenvalue weighted by Gasteiger charge is -2.14. The van der Waals surface area contributed by atoms with E-state index in [1.807, 2.05) is 18.4 Å². The molecular formula is C18H18O3S. The predicted octanol–water partition coefficient (Wildman–Crippen LogP) is 3.97. The van der Waals surface area contributed by atoms with Gasteiger partial charge in [0.05, 0.1) is 7.11 Å². The number of rotatable bonds is 6. The lowest BCUT2D eigenvalue weighted by molar-refractivity contribution is -0.117. The second kappa shape index (κ2) is 7.27. The Balaban J connectivity index is 2.33. The van der Waals surface area contributed by atoms with Crippen LogP contribution in [0.2, 0.25) is 0 Å². The van der Waals surface area contributed by atoms with Crippen molar-refractivity contribution in [2.45, 2.75) is 17.7 Å². The molecule has 22 heavy (non-hydrogen) atoms. The molecule has 114 valence electrons. The van der Waals surface area contributed by atoms with Gasteiger partial charge in [-0.15, -0.1) is 11.8 Å². The largest absolute Gasteiger partial charge is 0.497 e. The Morgan fingerprint density at radius 1 is 1.00 bits per heavy atom.